The summed E-state index contributed by atoms with van der Waals surface area (Å²) in [6.07, 6.45) is 1.29. The summed E-state index contributed by atoms with van der Waals surface area (Å²) in [7, 11) is 1.35. The molecule has 0 fully saturated rings. The second kappa shape index (κ2) is 7.44. The molecule has 0 heterocycles. The van der Waals surface area contributed by atoms with Crippen LogP contribution in [0.3, 0.4) is 0 Å². The van der Waals surface area contributed by atoms with Crippen molar-refractivity contribution in [2.24, 2.45) is 11.7 Å². The molecule has 3 N–H and O–H groups in total. The molecule has 0 saturated heterocycles. The van der Waals surface area contributed by atoms with Crippen LogP contribution in [-0.2, 0) is 11.2 Å². The number of ether oxygens (including phenoxy) is 1. The standard InChI is InChI=1S/C13H18N2O5/c1-20-12-5-4-9(8-11(12)15(18)19)7-10(13(16)17)3-2-6-14/h4-5,8,10H,2-3,6-7,14H2,1H3,(H,16,17). The lowest BCUT2D eigenvalue weighted by atomic mass is 9.94. The Hall–Kier alpha value is -2.15. The number of nitro groups is 1. The molecular weight excluding hydrogens is 264 g/mol. The van der Waals surface area contributed by atoms with E-state index in [0.29, 0.717) is 24.9 Å². The van der Waals surface area contributed by atoms with E-state index in [2.05, 4.69) is 0 Å². The highest BCUT2D eigenvalue weighted by Crippen LogP contribution is 2.29. The molecule has 0 aliphatic rings. The van der Waals surface area contributed by atoms with E-state index in [4.69, 9.17) is 15.6 Å². The summed E-state index contributed by atoms with van der Waals surface area (Å²) in [5.41, 5.74) is 5.81. The van der Waals surface area contributed by atoms with Gasteiger partial charge >= 0.3 is 11.7 Å². The van der Waals surface area contributed by atoms with Gasteiger partial charge < -0.3 is 15.6 Å². The van der Waals surface area contributed by atoms with Gasteiger partial charge in [-0.2, -0.15) is 0 Å². The second-order valence-corrected chi connectivity index (χ2v) is 4.43. The van der Waals surface area contributed by atoms with Crippen LogP contribution in [0.15, 0.2) is 18.2 Å². The molecule has 20 heavy (non-hydrogen) atoms. The zero-order valence-electron chi connectivity index (χ0n) is 11.2. The average molecular weight is 282 g/mol. The minimum absolute atomic E-state index is 0.159. The molecule has 1 unspecified atom stereocenters. The maximum atomic E-state index is 11.2. The van der Waals surface area contributed by atoms with Crippen molar-refractivity contribution in [2.45, 2.75) is 19.3 Å². The Balaban J connectivity index is 2.93. The van der Waals surface area contributed by atoms with Crippen molar-refractivity contribution in [3.63, 3.8) is 0 Å². The van der Waals surface area contributed by atoms with Gasteiger partial charge in [0.1, 0.15) is 0 Å². The molecule has 0 spiro atoms. The fraction of sp³-hybridized carbons (Fsp3) is 0.462. The van der Waals surface area contributed by atoms with Gasteiger partial charge in [-0.05, 0) is 37.4 Å². The van der Waals surface area contributed by atoms with Crippen LogP contribution in [0.1, 0.15) is 18.4 Å². The number of aliphatic carboxylic acids is 1. The highest BCUT2D eigenvalue weighted by Gasteiger charge is 2.20. The average Bonchev–Trinajstić information content (AvgIpc) is 2.42. The highest BCUT2D eigenvalue weighted by molar-refractivity contribution is 5.70. The van der Waals surface area contributed by atoms with E-state index >= 15 is 0 Å². The van der Waals surface area contributed by atoms with Crippen LogP contribution >= 0.6 is 0 Å². The number of hydrogen-bond acceptors (Lipinski definition) is 5. The predicted octanol–water partition coefficient (Wildman–Crippen LogP) is 1.59. The molecule has 7 heteroatoms. The summed E-state index contributed by atoms with van der Waals surface area (Å²) in [5, 5.41) is 20.1. The first-order valence-electron chi connectivity index (χ1n) is 6.23. The minimum atomic E-state index is -0.920. The Kier molecular flexibility index (Phi) is 5.92. The third-order valence-corrected chi connectivity index (χ3v) is 3.03. The van der Waals surface area contributed by atoms with E-state index in [1.165, 1.54) is 19.2 Å². The first kappa shape index (κ1) is 15.9. The van der Waals surface area contributed by atoms with Gasteiger partial charge in [-0.15, -0.1) is 0 Å². The Morgan fingerprint density at radius 2 is 2.25 bits per heavy atom. The summed E-state index contributed by atoms with van der Waals surface area (Å²) in [4.78, 5) is 21.5. The molecule has 110 valence electrons. The lowest BCUT2D eigenvalue weighted by molar-refractivity contribution is -0.385. The van der Waals surface area contributed by atoms with Crippen molar-refractivity contribution in [3.8, 4) is 5.75 Å². The van der Waals surface area contributed by atoms with Crippen molar-refractivity contribution in [2.75, 3.05) is 13.7 Å². The SMILES string of the molecule is COc1ccc(CC(CCCN)C(=O)O)cc1[N+](=O)[O-]. The molecule has 1 rings (SSSR count). The highest BCUT2D eigenvalue weighted by atomic mass is 16.6. The molecule has 0 bridgehead atoms. The number of methoxy groups -OCH3 is 1. The number of nitrogens with zero attached hydrogens (tertiary/aromatic N) is 1. The molecular formula is C13H18N2O5. The van der Waals surface area contributed by atoms with Crippen molar-refractivity contribution in [1.29, 1.82) is 0 Å². The number of carbonyl (C=O) groups is 1. The van der Waals surface area contributed by atoms with Gasteiger partial charge in [0.05, 0.1) is 18.0 Å². The van der Waals surface area contributed by atoms with Crippen molar-refractivity contribution in [1.82, 2.24) is 0 Å². The quantitative estimate of drug-likeness (QED) is 0.552. The monoisotopic (exact) mass is 282 g/mol. The smallest absolute Gasteiger partial charge is 0.311 e. The van der Waals surface area contributed by atoms with Gasteiger partial charge in [0.15, 0.2) is 5.75 Å². The molecule has 7 nitrogen and oxygen atoms in total. The summed E-state index contributed by atoms with van der Waals surface area (Å²) in [6.45, 7) is 0.423. The van der Waals surface area contributed by atoms with Crippen molar-refractivity contribution in [3.05, 3.63) is 33.9 Å². The molecule has 1 aromatic rings. The van der Waals surface area contributed by atoms with Crippen LogP contribution in [0.2, 0.25) is 0 Å². The maximum absolute atomic E-state index is 11.2. The molecule has 0 amide bonds. The van der Waals surface area contributed by atoms with Gasteiger partial charge in [-0.3, -0.25) is 14.9 Å². The van der Waals surface area contributed by atoms with E-state index in [1.807, 2.05) is 0 Å². The Morgan fingerprint density at radius 1 is 1.55 bits per heavy atom. The number of nitro benzene ring substituents is 1. The van der Waals surface area contributed by atoms with Gasteiger partial charge in [-0.1, -0.05) is 6.07 Å². The molecule has 0 radical (unpaired) electrons. The first-order chi connectivity index (χ1) is 9.49. The summed E-state index contributed by atoms with van der Waals surface area (Å²) in [6, 6.07) is 4.48. The van der Waals surface area contributed by atoms with E-state index < -0.39 is 16.8 Å². The Labute approximate surface area is 116 Å². The fourth-order valence-electron chi connectivity index (χ4n) is 1.97. The zero-order valence-corrected chi connectivity index (χ0v) is 11.2. The van der Waals surface area contributed by atoms with E-state index in [0.717, 1.165) is 0 Å². The van der Waals surface area contributed by atoms with Crippen LogP contribution in [0.4, 0.5) is 5.69 Å². The van der Waals surface area contributed by atoms with Crippen LogP contribution in [0.5, 0.6) is 5.75 Å². The fourth-order valence-corrected chi connectivity index (χ4v) is 1.97. The summed E-state index contributed by atoms with van der Waals surface area (Å²) < 4.78 is 4.90. The zero-order chi connectivity index (χ0) is 15.1. The molecule has 1 aromatic carbocycles. The molecule has 0 aliphatic carbocycles. The number of hydrogen-bond donors (Lipinski definition) is 2. The number of rotatable bonds is 8. The lowest BCUT2D eigenvalue weighted by Crippen LogP contribution is -2.18. The van der Waals surface area contributed by atoms with Gasteiger partial charge in [-0.25, -0.2) is 0 Å². The predicted molar refractivity (Wildman–Crippen MR) is 72.8 cm³/mol. The summed E-state index contributed by atoms with van der Waals surface area (Å²) >= 11 is 0. The largest absolute Gasteiger partial charge is 0.490 e. The summed E-state index contributed by atoms with van der Waals surface area (Å²) in [5.74, 6) is -1.35. The van der Waals surface area contributed by atoms with Crippen molar-refractivity contribution < 1.29 is 19.6 Å². The van der Waals surface area contributed by atoms with Crippen LogP contribution in [0, 0.1) is 16.0 Å². The number of nitrogens with two attached hydrogens (primary N) is 1. The number of carboxylic acids is 1. The topological polar surface area (TPSA) is 116 Å². The van der Waals surface area contributed by atoms with Crippen LogP contribution in [0.25, 0.3) is 0 Å². The lowest BCUT2D eigenvalue weighted by Gasteiger charge is -2.12. The molecule has 0 aliphatic heterocycles. The van der Waals surface area contributed by atoms with Gasteiger partial charge in [0, 0.05) is 6.07 Å². The number of benzene rings is 1. The molecule has 0 aromatic heterocycles. The van der Waals surface area contributed by atoms with Crippen LogP contribution < -0.4 is 10.5 Å². The first-order valence-corrected chi connectivity index (χ1v) is 6.23. The Bertz CT molecular complexity index is 490. The normalized spacial score (nSPS) is 11.9. The van der Waals surface area contributed by atoms with E-state index in [-0.39, 0.29) is 17.9 Å². The third-order valence-electron chi connectivity index (χ3n) is 3.03. The second-order valence-electron chi connectivity index (χ2n) is 4.43. The Morgan fingerprint density at radius 3 is 2.75 bits per heavy atom. The number of carboxylic acid groups (broad SMARTS) is 1. The van der Waals surface area contributed by atoms with Gasteiger partial charge in [0.25, 0.3) is 0 Å². The minimum Gasteiger partial charge on any atom is -0.490 e. The van der Waals surface area contributed by atoms with Gasteiger partial charge in [0.2, 0.25) is 0 Å². The van der Waals surface area contributed by atoms with Crippen LogP contribution in [-0.4, -0.2) is 29.7 Å². The van der Waals surface area contributed by atoms with E-state index in [9.17, 15) is 14.9 Å². The third kappa shape index (κ3) is 4.20. The maximum Gasteiger partial charge on any atom is 0.311 e. The molecule has 0 saturated carbocycles. The van der Waals surface area contributed by atoms with E-state index in [1.54, 1.807) is 6.07 Å². The van der Waals surface area contributed by atoms with Crippen molar-refractivity contribution >= 4 is 11.7 Å². The molecule has 1 atom stereocenters.